The summed E-state index contributed by atoms with van der Waals surface area (Å²) in [7, 11) is 0. The molecule has 7 heteroatoms. The summed E-state index contributed by atoms with van der Waals surface area (Å²) in [5.74, 6) is -1.73. The molecule has 0 aliphatic carbocycles. The highest BCUT2D eigenvalue weighted by atomic mass is 32.1. The van der Waals surface area contributed by atoms with Gasteiger partial charge in [-0.2, -0.15) is 0 Å². The first-order valence-corrected chi connectivity index (χ1v) is 7.32. The van der Waals surface area contributed by atoms with Crippen molar-refractivity contribution in [3.63, 3.8) is 0 Å². The quantitative estimate of drug-likeness (QED) is 0.907. The van der Waals surface area contributed by atoms with Gasteiger partial charge in [-0.1, -0.05) is 0 Å². The number of aromatic nitrogens is 1. The molecule has 1 N–H and O–H groups in total. The molecule has 0 aromatic carbocycles. The fourth-order valence-corrected chi connectivity index (χ4v) is 3.35. The average Bonchev–Trinajstić information content (AvgIpc) is 2.97. The first kappa shape index (κ1) is 14.9. The van der Waals surface area contributed by atoms with E-state index in [0.29, 0.717) is 17.1 Å². The maximum Gasteiger partial charge on any atom is 0.311 e. The van der Waals surface area contributed by atoms with Crippen LogP contribution in [0.4, 0.5) is 0 Å². The lowest BCUT2D eigenvalue weighted by molar-refractivity contribution is -0.142. The number of amides is 1. The highest BCUT2D eigenvalue weighted by molar-refractivity contribution is 7.13. The lowest BCUT2D eigenvalue weighted by atomic mass is 10.0. The van der Waals surface area contributed by atoms with Gasteiger partial charge in [-0.3, -0.25) is 9.59 Å². The van der Waals surface area contributed by atoms with E-state index in [1.54, 1.807) is 11.8 Å². The fraction of sp³-hybridized carbons (Fsp3) is 0.615. The van der Waals surface area contributed by atoms with Crippen LogP contribution < -0.4 is 0 Å². The highest BCUT2D eigenvalue weighted by Crippen LogP contribution is 2.25. The zero-order chi connectivity index (χ0) is 14.9. The van der Waals surface area contributed by atoms with Crippen LogP contribution in [-0.2, 0) is 9.53 Å². The minimum Gasteiger partial charge on any atom is -0.481 e. The smallest absolute Gasteiger partial charge is 0.311 e. The third-order valence-electron chi connectivity index (χ3n) is 3.47. The van der Waals surface area contributed by atoms with Crippen LogP contribution in [0.2, 0.25) is 0 Å². The Balaban J connectivity index is 2.26. The molecule has 6 nitrogen and oxygen atoms in total. The van der Waals surface area contributed by atoms with Crippen molar-refractivity contribution in [1.82, 2.24) is 9.88 Å². The molecule has 2 rings (SSSR count). The second-order valence-corrected chi connectivity index (χ2v) is 5.99. The molecule has 20 heavy (non-hydrogen) atoms. The number of carboxylic acid groups (broad SMARTS) is 1. The number of carbonyl (C=O) groups is 2. The van der Waals surface area contributed by atoms with Crippen LogP contribution in [0.1, 0.15) is 27.3 Å². The van der Waals surface area contributed by atoms with E-state index in [9.17, 15) is 14.7 Å². The maximum atomic E-state index is 12.6. The molecule has 110 valence electrons. The molecule has 2 unspecified atom stereocenters. The summed E-state index contributed by atoms with van der Waals surface area (Å²) in [6, 6.07) is -0.410. The number of thiazole rings is 1. The molecular formula is C13H18N2O4S. The van der Waals surface area contributed by atoms with Crippen molar-refractivity contribution in [3.8, 4) is 0 Å². The van der Waals surface area contributed by atoms with Crippen LogP contribution >= 0.6 is 11.3 Å². The highest BCUT2D eigenvalue weighted by Gasteiger charge is 2.40. The minimum absolute atomic E-state index is 0.155. The number of carboxylic acids is 1. The van der Waals surface area contributed by atoms with Gasteiger partial charge < -0.3 is 14.7 Å². The predicted molar refractivity (Wildman–Crippen MR) is 74.0 cm³/mol. The first-order chi connectivity index (χ1) is 9.45. The number of ether oxygens (including phenoxy) is 1. The molecule has 0 radical (unpaired) electrons. The Morgan fingerprint density at radius 3 is 2.65 bits per heavy atom. The Morgan fingerprint density at radius 1 is 1.45 bits per heavy atom. The molecule has 1 aliphatic heterocycles. The summed E-state index contributed by atoms with van der Waals surface area (Å²) in [5.41, 5.74) is 0.696. The molecule has 0 bridgehead atoms. The van der Waals surface area contributed by atoms with E-state index in [2.05, 4.69) is 4.98 Å². The molecule has 2 atom stereocenters. The molecule has 1 aromatic heterocycles. The van der Waals surface area contributed by atoms with Crippen molar-refractivity contribution in [2.75, 3.05) is 19.8 Å². The lowest BCUT2D eigenvalue weighted by Gasteiger charge is -2.29. The third-order valence-corrected chi connectivity index (χ3v) is 4.53. The van der Waals surface area contributed by atoms with Crippen molar-refractivity contribution in [1.29, 1.82) is 0 Å². The monoisotopic (exact) mass is 298 g/mol. The summed E-state index contributed by atoms with van der Waals surface area (Å²) in [6.45, 7) is 6.37. The van der Waals surface area contributed by atoms with Gasteiger partial charge in [-0.15, -0.1) is 11.3 Å². The fourth-order valence-electron chi connectivity index (χ4n) is 2.47. The third kappa shape index (κ3) is 2.69. The number of hydrogen-bond donors (Lipinski definition) is 1. The van der Waals surface area contributed by atoms with Gasteiger partial charge in [0.25, 0.3) is 5.91 Å². The van der Waals surface area contributed by atoms with Gasteiger partial charge in [0.1, 0.15) is 10.8 Å². The number of rotatable bonds is 4. The molecule has 1 fully saturated rings. The van der Waals surface area contributed by atoms with Crippen LogP contribution in [0.3, 0.4) is 0 Å². The van der Waals surface area contributed by atoms with Crippen LogP contribution in [0, 0.1) is 19.8 Å². The van der Waals surface area contributed by atoms with Gasteiger partial charge in [0.05, 0.1) is 30.0 Å². The molecule has 1 aromatic rings. The minimum atomic E-state index is -0.920. The van der Waals surface area contributed by atoms with Crippen LogP contribution in [-0.4, -0.2) is 52.7 Å². The van der Waals surface area contributed by atoms with Gasteiger partial charge in [-0.05, 0) is 20.8 Å². The Kier molecular flexibility index (Phi) is 4.39. The normalized spacial score (nSPS) is 21.9. The van der Waals surface area contributed by atoms with Crippen molar-refractivity contribution >= 4 is 23.2 Å². The average molecular weight is 298 g/mol. The van der Waals surface area contributed by atoms with E-state index in [4.69, 9.17) is 4.74 Å². The van der Waals surface area contributed by atoms with E-state index in [1.165, 1.54) is 11.3 Å². The number of likely N-dealkylation sites (N-methyl/N-ethyl adjacent to an activating group) is 1. The predicted octanol–water partition coefficient (Wildman–Crippen LogP) is 1.32. The molecule has 1 saturated heterocycles. The van der Waals surface area contributed by atoms with Crippen molar-refractivity contribution < 1.29 is 19.4 Å². The Bertz CT molecular complexity index is 528. The van der Waals surface area contributed by atoms with E-state index >= 15 is 0 Å². The number of nitrogens with zero attached hydrogens (tertiary/aromatic N) is 2. The number of aliphatic carboxylic acids is 1. The Labute approximate surface area is 121 Å². The zero-order valence-corrected chi connectivity index (χ0v) is 12.6. The molecule has 1 amide bonds. The zero-order valence-electron chi connectivity index (χ0n) is 11.8. The van der Waals surface area contributed by atoms with Gasteiger partial charge in [0.2, 0.25) is 0 Å². The second-order valence-electron chi connectivity index (χ2n) is 4.79. The van der Waals surface area contributed by atoms with E-state index in [-0.39, 0.29) is 19.1 Å². The lowest BCUT2D eigenvalue weighted by Crippen LogP contribution is -2.46. The summed E-state index contributed by atoms with van der Waals surface area (Å²) < 4.78 is 5.25. The maximum absolute atomic E-state index is 12.6. The molecule has 0 spiro atoms. The van der Waals surface area contributed by atoms with E-state index in [0.717, 1.165) is 5.01 Å². The van der Waals surface area contributed by atoms with Crippen molar-refractivity contribution in [2.45, 2.75) is 26.8 Å². The SMILES string of the molecule is CCN(C(=O)c1sc(C)nc1C)C1COCC1C(=O)O. The molecule has 1 aliphatic rings. The van der Waals surface area contributed by atoms with Crippen molar-refractivity contribution in [3.05, 3.63) is 15.6 Å². The van der Waals surface area contributed by atoms with Gasteiger partial charge in [0, 0.05) is 6.54 Å². The van der Waals surface area contributed by atoms with Crippen molar-refractivity contribution in [2.24, 2.45) is 5.92 Å². The Morgan fingerprint density at radius 2 is 2.15 bits per heavy atom. The molecule has 2 heterocycles. The number of carbonyl (C=O) groups excluding carboxylic acids is 1. The van der Waals surface area contributed by atoms with E-state index in [1.807, 2.05) is 13.8 Å². The standard InChI is InChI=1S/C13H18N2O4S/c1-4-15(10-6-19-5-9(10)13(17)18)12(16)11-7(2)14-8(3)20-11/h9-10H,4-6H2,1-3H3,(H,17,18). The number of aryl methyl sites for hydroxylation is 2. The summed E-state index contributed by atoms with van der Waals surface area (Å²) in [6.07, 6.45) is 0. The van der Waals surface area contributed by atoms with Gasteiger partial charge in [0.15, 0.2) is 0 Å². The van der Waals surface area contributed by atoms with E-state index < -0.39 is 17.9 Å². The summed E-state index contributed by atoms with van der Waals surface area (Å²) in [4.78, 5) is 30.3. The van der Waals surface area contributed by atoms with Gasteiger partial charge >= 0.3 is 5.97 Å². The van der Waals surface area contributed by atoms with Crippen LogP contribution in [0.25, 0.3) is 0 Å². The molecule has 0 saturated carbocycles. The van der Waals surface area contributed by atoms with Crippen LogP contribution in [0.15, 0.2) is 0 Å². The first-order valence-electron chi connectivity index (χ1n) is 6.51. The largest absolute Gasteiger partial charge is 0.481 e. The molecular weight excluding hydrogens is 280 g/mol. The number of hydrogen-bond acceptors (Lipinski definition) is 5. The van der Waals surface area contributed by atoms with Gasteiger partial charge in [-0.25, -0.2) is 4.98 Å². The Hall–Kier alpha value is -1.47. The summed E-state index contributed by atoms with van der Waals surface area (Å²) >= 11 is 1.34. The summed E-state index contributed by atoms with van der Waals surface area (Å²) in [5, 5.41) is 10.0. The topological polar surface area (TPSA) is 79.7 Å². The van der Waals surface area contributed by atoms with Crippen LogP contribution in [0.5, 0.6) is 0 Å². The second kappa shape index (κ2) is 5.88.